The molecule has 0 N–H and O–H groups in total. The van der Waals surface area contributed by atoms with Gasteiger partial charge in [0.05, 0.1) is 18.2 Å². The van der Waals surface area contributed by atoms with Crippen LogP contribution in [0.15, 0.2) is 67.0 Å². The van der Waals surface area contributed by atoms with Crippen LogP contribution < -0.4 is 0 Å². The molecular formula is C23H22FN3O. The molecule has 1 fully saturated rings. The Hall–Kier alpha value is -3.08. The maximum Gasteiger partial charge on any atom is 0.227 e. The molecule has 1 aliphatic heterocycles. The Balaban J connectivity index is 1.49. The molecule has 1 aromatic carbocycles. The van der Waals surface area contributed by atoms with Crippen molar-refractivity contribution in [2.75, 3.05) is 6.54 Å². The number of pyridine rings is 2. The summed E-state index contributed by atoms with van der Waals surface area (Å²) in [5.74, 6) is -0.125. The lowest BCUT2D eigenvalue weighted by molar-refractivity contribution is -0.131. The topological polar surface area (TPSA) is 46.1 Å². The Kier molecular flexibility index (Phi) is 5.42. The number of halogens is 1. The third-order valence-corrected chi connectivity index (χ3v) is 5.12. The lowest BCUT2D eigenvalue weighted by Gasteiger charge is -2.25. The molecule has 0 radical (unpaired) electrons. The third kappa shape index (κ3) is 4.25. The lowest BCUT2D eigenvalue weighted by Crippen LogP contribution is -2.32. The second-order valence-corrected chi connectivity index (χ2v) is 7.14. The number of nitrogens with zero attached hydrogens (tertiary/aromatic N) is 3. The van der Waals surface area contributed by atoms with Gasteiger partial charge in [-0.2, -0.15) is 0 Å². The number of rotatable bonds is 5. The summed E-state index contributed by atoms with van der Waals surface area (Å²) in [6.45, 7) is 0.758. The van der Waals surface area contributed by atoms with Gasteiger partial charge in [0.15, 0.2) is 0 Å². The van der Waals surface area contributed by atoms with E-state index in [9.17, 15) is 9.18 Å². The molecule has 5 heteroatoms. The number of carbonyl (C=O) groups excluding carboxylic acids is 1. The van der Waals surface area contributed by atoms with Gasteiger partial charge in [-0.25, -0.2) is 4.39 Å². The highest BCUT2D eigenvalue weighted by Gasteiger charge is 2.30. The van der Waals surface area contributed by atoms with Crippen LogP contribution in [0.5, 0.6) is 0 Å². The zero-order valence-corrected chi connectivity index (χ0v) is 15.6. The van der Waals surface area contributed by atoms with E-state index in [0.717, 1.165) is 41.9 Å². The van der Waals surface area contributed by atoms with Crippen LogP contribution in [0.2, 0.25) is 0 Å². The normalized spacial score (nSPS) is 16.3. The highest BCUT2D eigenvalue weighted by molar-refractivity contribution is 5.79. The molecule has 0 unspecified atom stereocenters. The van der Waals surface area contributed by atoms with Crippen LogP contribution in [0.25, 0.3) is 0 Å². The van der Waals surface area contributed by atoms with Gasteiger partial charge in [-0.3, -0.25) is 14.8 Å². The summed E-state index contributed by atoms with van der Waals surface area (Å²) in [6, 6.07) is 16.2. The molecule has 1 atom stereocenters. The van der Waals surface area contributed by atoms with Crippen molar-refractivity contribution in [3.05, 3.63) is 95.3 Å². The van der Waals surface area contributed by atoms with Crippen LogP contribution >= 0.6 is 0 Å². The molecular weight excluding hydrogens is 353 g/mol. The predicted octanol–water partition coefficient (Wildman–Crippen LogP) is 4.11. The van der Waals surface area contributed by atoms with E-state index in [1.807, 2.05) is 35.2 Å². The first-order chi connectivity index (χ1) is 13.7. The average molecular weight is 375 g/mol. The molecule has 0 spiro atoms. The Labute approximate surface area is 164 Å². The summed E-state index contributed by atoms with van der Waals surface area (Å²) in [7, 11) is 0. The van der Waals surface area contributed by atoms with E-state index in [4.69, 9.17) is 4.98 Å². The van der Waals surface area contributed by atoms with Gasteiger partial charge < -0.3 is 4.90 Å². The molecule has 142 valence electrons. The predicted molar refractivity (Wildman–Crippen MR) is 105 cm³/mol. The minimum atomic E-state index is -0.237. The average Bonchev–Trinajstić information content (AvgIpc) is 3.21. The van der Waals surface area contributed by atoms with Gasteiger partial charge in [0, 0.05) is 31.1 Å². The molecule has 3 aromatic rings. The number of likely N-dealkylation sites (tertiary alicyclic amines) is 1. The standard InChI is InChI=1S/C23H22FN3O/c24-19-10-8-17(9-11-19)14-20-5-1-6-21(26-20)22-7-3-13-27(22)23(28)15-18-4-2-12-25-16-18/h1-2,4-6,8-12,16,22H,3,7,13-15H2/t22-/m0/s1. The smallest absolute Gasteiger partial charge is 0.227 e. The first-order valence-electron chi connectivity index (χ1n) is 9.58. The maximum absolute atomic E-state index is 13.1. The summed E-state index contributed by atoms with van der Waals surface area (Å²) < 4.78 is 13.1. The van der Waals surface area contributed by atoms with Crippen molar-refractivity contribution >= 4 is 5.91 Å². The van der Waals surface area contributed by atoms with Crippen molar-refractivity contribution < 1.29 is 9.18 Å². The van der Waals surface area contributed by atoms with E-state index in [1.54, 1.807) is 24.5 Å². The van der Waals surface area contributed by atoms with Crippen LogP contribution in [-0.4, -0.2) is 27.3 Å². The second kappa shape index (κ2) is 8.30. The van der Waals surface area contributed by atoms with Gasteiger partial charge in [-0.1, -0.05) is 24.3 Å². The highest BCUT2D eigenvalue weighted by atomic mass is 19.1. The van der Waals surface area contributed by atoms with Gasteiger partial charge in [-0.15, -0.1) is 0 Å². The molecule has 0 bridgehead atoms. The minimum absolute atomic E-state index is 0.0114. The molecule has 1 saturated heterocycles. The van der Waals surface area contributed by atoms with Crippen LogP contribution in [0.4, 0.5) is 4.39 Å². The summed E-state index contributed by atoms with van der Waals surface area (Å²) in [6.07, 6.45) is 6.36. The molecule has 4 nitrogen and oxygen atoms in total. The Morgan fingerprint density at radius 1 is 1.07 bits per heavy atom. The molecule has 4 rings (SSSR count). The molecule has 28 heavy (non-hydrogen) atoms. The number of benzene rings is 1. The third-order valence-electron chi connectivity index (χ3n) is 5.12. The SMILES string of the molecule is O=C(Cc1cccnc1)N1CCC[C@H]1c1cccc(Cc2ccc(F)cc2)n1. The van der Waals surface area contributed by atoms with E-state index >= 15 is 0 Å². The highest BCUT2D eigenvalue weighted by Crippen LogP contribution is 2.31. The zero-order chi connectivity index (χ0) is 19.3. The van der Waals surface area contributed by atoms with Crippen molar-refractivity contribution in [3.8, 4) is 0 Å². The van der Waals surface area contributed by atoms with E-state index < -0.39 is 0 Å². The molecule has 2 aromatic heterocycles. The van der Waals surface area contributed by atoms with Crippen molar-refractivity contribution in [2.24, 2.45) is 0 Å². The summed E-state index contributed by atoms with van der Waals surface area (Å²) in [5.41, 5.74) is 3.80. The van der Waals surface area contributed by atoms with Crippen molar-refractivity contribution in [3.63, 3.8) is 0 Å². The Morgan fingerprint density at radius 3 is 2.71 bits per heavy atom. The second-order valence-electron chi connectivity index (χ2n) is 7.14. The van der Waals surface area contributed by atoms with Gasteiger partial charge in [-0.05, 0) is 54.3 Å². The molecule has 1 amide bonds. The van der Waals surface area contributed by atoms with E-state index in [1.165, 1.54) is 12.1 Å². The number of hydrogen-bond acceptors (Lipinski definition) is 3. The largest absolute Gasteiger partial charge is 0.334 e. The van der Waals surface area contributed by atoms with Gasteiger partial charge in [0.1, 0.15) is 5.82 Å². The Morgan fingerprint density at radius 2 is 1.93 bits per heavy atom. The number of hydrogen-bond donors (Lipinski definition) is 0. The number of aromatic nitrogens is 2. The summed E-state index contributed by atoms with van der Waals surface area (Å²) in [4.78, 5) is 23.7. The molecule has 1 aliphatic rings. The fraction of sp³-hybridized carbons (Fsp3) is 0.261. The van der Waals surface area contributed by atoms with E-state index in [0.29, 0.717) is 12.8 Å². The Bertz CT molecular complexity index is 944. The first kappa shape index (κ1) is 18.3. The zero-order valence-electron chi connectivity index (χ0n) is 15.6. The first-order valence-corrected chi connectivity index (χ1v) is 9.58. The van der Waals surface area contributed by atoms with Crippen LogP contribution in [-0.2, 0) is 17.6 Å². The number of amides is 1. The molecule has 0 aliphatic carbocycles. The van der Waals surface area contributed by atoms with Crippen LogP contribution in [0.1, 0.15) is 41.4 Å². The fourth-order valence-corrected chi connectivity index (χ4v) is 3.75. The van der Waals surface area contributed by atoms with Crippen LogP contribution in [0.3, 0.4) is 0 Å². The molecule has 3 heterocycles. The quantitative estimate of drug-likeness (QED) is 0.674. The van der Waals surface area contributed by atoms with E-state index in [2.05, 4.69) is 4.98 Å². The van der Waals surface area contributed by atoms with E-state index in [-0.39, 0.29) is 17.8 Å². The van der Waals surface area contributed by atoms with Crippen molar-refractivity contribution in [1.29, 1.82) is 0 Å². The maximum atomic E-state index is 13.1. The van der Waals surface area contributed by atoms with Crippen LogP contribution in [0, 0.1) is 5.82 Å². The van der Waals surface area contributed by atoms with Crippen molar-refractivity contribution in [1.82, 2.24) is 14.9 Å². The fourth-order valence-electron chi connectivity index (χ4n) is 3.75. The van der Waals surface area contributed by atoms with Crippen molar-refractivity contribution in [2.45, 2.75) is 31.7 Å². The molecule has 0 saturated carbocycles. The monoisotopic (exact) mass is 375 g/mol. The number of carbonyl (C=O) groups is 1. The van der Waals surface area contributed by atoms with Gasteiger partial charge in [0.25, 0.3) is 0 Å². The minimum Gasteiger partial charge on any atom is -0.334 e. The van der Waals surface area contributed by atoms with Gasteiger partial charge >= 0.3 is 0 Å². The lowest BCUT2D eigenvalue weighted by atomic mass is 10.1. The van der Waals surface area contributed by atoms with Gasteiger partial charge in [0.2, 0.25) is 5.91 Å². The summed E-state index contributed by atoms with van der Waals surface area (Å²) in [5, 5.41) is 0. The summed E-state index contributed by atoms with van der Waals surface area (Å²) >= 11 is 0.